The molecule has 0 atom stereocenters. The zero-order chi connectivity index (χ0) is 8.84. The van der Waals surface area contributed by atoms with Crippen LogP contribution >= 0.6 is 0 Å². The van der Waals surface area contributed by atoms with Crippen molar-refractivity contribution in [2.75, 3.05) is 0 Å². The molecule has 3 rings (SSSR count). The van der Waals surface area contributed by atoms with Gasteiger partial charge in [0.15, 0.2) is 0 Å². The number of nitrogens with one attached hydrogen (secondary N) is 1. The Kier molecular flexibility index (Phi) is 1.17. The van der Waals surface area contributed by atoms with Crippen molar-refractivity contribution in [3.8, 4) is 0 Å². The van der Waals surface area contributed by atoms with Crippen LogP contribution in [-0.4, -0.2) is 14.4 Å². The maximum Gasteiger partial charge on any atom is 0.291 e. The predicted molar refractivity (Wildman–Crippen MR) is 47.8 cm³/mol. The van der Waals surface area contributed by atoms with Crippen molar-refractivity contribution in [3.05, 3.63) is 34.6 Å². The van der Waals surface area contributed by atoms with E-state index in [0.717, 1.165) is 5.69 Å². The lowest BCUT2D eigenvalue weighted by Gasteiger charge is -1.98. The van der Waals surface area contributed by atoms with E-state index in [-0.39, 0.29) is 5.56 Å². The molecular weight excluding hydrogens is 166 g/mol. The number of H-pyrrole nitrogens is 1. The quantitative estimate of drug-likeness (QED) is 0.700. The lowest BCUT2D eigenvalue weighted by molar-refractivity contribution is 0.948. The topological polar surface area (TPSA) is 50.2 Å². The van der Waals surface area contributed by atoms with E-state index in [1.54, 1.807) is 16.8 Å². The van der Waals surface area contributed by atoms with Crippen LogP contribution in [0.4, 0.5) is 0 Å². The van der Waals surface area contributed by atoms with E-state index in [1.165, 1.54) is 12.8 Å². The second kappa shape index (κ2) is 2.22. The molecule has 2 aromatic heterocycles. The van der Waals surface area contributed by atoms with Gasteiger partial charge in [-0.15, -0.1) is 0 Å². The van der Waals surface area contributed by atoms with Gasteiger partial charge in [0.25, 0.3) is 5.56 Å². The first kappa shape index (κ1) is 6.88. The zero-order valence-corrected chi connectivity index (χ0v) is 7.03. The molecule has 13 heavy (non-hydrogen) atoms. The van der Waals surface area contributed by atoms with Crippen LogP contribution < -0.4 is 5.56 Å². The van der Waals surface area contributed by atoms with Gasteiger partial charge in [-0.05, 0) is 12.8 Å². The average Bonchev–Trinajstić information content (AvgIpc) is 2.85. The Morgan fingerprint density at radius 3 is 3.15 bits per heavy atom. The van der Waals surface area contributed by atoms with Gasteiger partial charge in [-0.1, -0.05) is 0 Å². The third-order valence-corrected chi connectivity index (χ3v) is 2.42. The first-order chi connectivity index (χ1) is 6.34. The summed E-state index contributed by atoms with van der Waals surface area (Å²) in [5, 5.41) is 0. The van der Waals surface area contributed by atoms with E-state index in [1.807, 2.05) is 6.20 Å². The number of rotatable bonds is 1. The Balaban J connectivity index is 2.33. The van der Waals surface area contributed by atoms with Gasteiger partial charge in [-0.25, -0.2) is 4.98 Å². The second-order valence-corrected chi connectivity index (χ2v) is 3.47. The van der Waals surface area contributed by atoms with Gasteiger partial charge in [-0.3, -0.25) is 4.79 Å². The summed E-state index contributed by atoms with van der Waals surface area (Å²) in [6.07, 6.45) is 7.78. The molecule has 0 spiro atoms. The molecule has 0 radical (unpaired) electrons. The van der Waals surface area contributed by atoms with Gasteiger partial charge in [0.2, 0.25) is 5.65 Å². The highest BCUT2D eigenvalue weighted by molar-refractivity contribution is 5.36. The Labute approximate surface area is 74.2 Å². The fourth-order valence-electron chi connectivity index (χ4n) is 1.56. The number of aromatic amines is 1. The van der Waals surface area contributed by atoms with Crippen LogP contribution in [0.5, 0.6) is 0 Å². The summed E-state index contributed by atoms with van der Waals surface area (Å²) in [7, 11) is 0. The summed E-state index contributed by atoms with van der Waals surface area (Å²) in [5.41, 5.74) is 1.43. The van der Waals surface area contributed by atoms with E-state index in [9.17, 15) is 4.79 Å². The molecule has 66 valence electrons. The van der Waals surface area contributed by atoms with Crippen molar-refractivity contribution >= 4 is 5.65 Å². The number of aromatic nitrogens is 3. The summed E-state index contributed by atoms with van der Waals surface area (Å²) in [4.78, 5) is 18.3. The van der Waals surface area contributed by atoms with E-state index in [4.69, 9.17) is 0 Å². The van der Waals surface area contributed by atoms with Crippen LogP contribution in [0.3, 0.4) is 0 Å². The minimum atomic E-state index is -0.0885. The molecule has 1 fully saturated rings. The number of nitrogens with zero attached hydrogens (tertiary/aromatic N) is 2. The fourth-order valence-corrected chi connectivity index (χ4v) is 1.56. The molecule has 1 aliphatic carbocycles. The lowest BCUT2D eigenvalue weighted by Crippen LogP contribution is -2.12. The first-order valence-electron chi connectivity index (χ1n) is 4.40. The number of fused-ring (bicyclic) bond motifs is 1. The third-order valence-electron chi connectivity index (χ3n) is 2.42. The van der Waals surface area contributed by atoms with Crippen molar-refractivity contribution in [3.63, 3.8) is 0 Å². The molecule has 4 nitrogen and oxygen atoms in total. The van der Waals surface area contributed by atoms with Gasteiger partial charge >= 0.3 is 0 Å². The first-order valence-corrected chi connectivity index (χ1v) is 4.40. The number of hydrogen-bond donors (Lipinski definition) is 1. The van der Waals surface area contributed by atoms with Gasteiger partial charge in [0.05, 0.1) is 0 Å². The molecule has 1 aliphatic rings. The predicted octanol–water partition coefficient (Wildman–Crippen LogP) is 0.900. The number of hydrogen-bond acceptors (Lipinski definition) is 2. The van der Waals surface area contributed by atoms with Gasteiger partial charge in [0.1, 0.15) is 0 Å². The molecule has 0 amide bonds. The SMILES string of the molecule is O=c1[nH]c(C2CC2)cn2ccnc12. The molecule has 2 aromatic rings. The van der Waals surface area contributed by atoms with Crippen LogP contribution in [0.1, 0.15) is 24.5 Å². The molecule has 1 N–H and O–H groups in total. The summed E-state index contributed by atoms with van der Waals surface area (Å²) < 4.78 is 1.78. The normalized spacial score (nSPS) is 16.6. The molecule has 2 heterocycles. The summed E-state index contributed by atoms with van der Waals surface area (Å²) in [6, 6.07) is 0. The Morgan fingerprint density at radius 2 is 2.38 bits per heavy atom. The van der Waals surface area contributed by atoms with E-state index in [2.05, 4.69) is 9.97 Å². The molecule has 0 aliphatic heterocycles. The van der Waals surface area contributed by atoms with Crippen LogP contribution in [0.2, 0.25) is 0 Å². The van der Waals surface area contributed by atoms with Crippen molar-refractivity contribution in [2.45, 2.75) is 18.8 Å². The zero-order valence-electron chi connectivity index (χ0n) is 7.03. The largest absolute Gasteiger partial charge is 0.321 e. The molecule has 0 unspecified atom stereocenters. The molecule has 0 saturated heterocycles. The maximum absolute atomic E-state index is 11.5. The van der Waals surface area contributed by atoms with Gasteiger partial charge in [-0.2, -0.15) is 0 Å². The van der Waals surface area contributed by atoms with Crippen molar-refractivity contribution < 1.29 is 0 Å². The lowest BCUT2D eigenvalue weighted by atomic mass is 10.3. The van der Waals surface area contributed by atoms with E-state index in [0.29, 0.717) is 11.6 Å². The van der Waals surface area contributed by atoms with Crippen LogP contribution in [0.25, 0.3) is 5.65 Å². The standard InChI is InChI=1S/C9H9N3O/c13-9-8-10-3-4-12(8)5-7(11-9)6-1-2-6/h3-6H,1-2H2,(H,11,13). The van der Waals surface area contributed by atoms with Crippen molar-refractivity contribution in [1.29, 1.82) is 0 Å². The monoisotopic (exact) mass is 175 g/mol. The Hall–Kier alpha value is -1.58. The smallest absolute Gasteiger partial charge is 0.291 e. The minimum absolute atomic E-state index is 0.0885. The summed E-state index contributed by atoms with van der Waals surface area (Å²) in [5.74, 6) is 0.569. The van der Waals surface area contributed by atoms with E-state index < -0.39 is 0 Å². The minimum Gasteiger partial charge on any atom is -0.321 e. The molecule has 0 aromatic carbocycles. The summed E-state index contributed by atoms with van der Waals surface area (Å²) >= 11 is 0. The van der Waals surface area contributed by atoms with Crippen LogP contribution in [0, 0.1) is 0 Å². The van der Waals surface area contributed by atoms with Crippen LogP contribution in [-0.2, 0) is 0 Å². The van der Waals surface area contributed by atoms with E-state index >= 15 is 0 Å². The molecular formula is C9H9N3O. The van der Waals surface area contributed by atoms with Gasteiger partial charge < -0.3 is 9.38 Å². The number of imidazole rings is 1. The average molecular weight is 175 g/mol. The second-order valence-electron chi connectivity index (χ2n) is 3.47. The Morgan fingerprint density at radius 1 is 1.54 bits per heavy atom. The van der Waals surface area contributed by atoms with Gasteiger partial charge in [0, 0.05) is 30.2 Å². The maximum atomic E-state index is 11.5. The highest BCUT2D eigenvalue weighted by atomic mass is 16.1. The molecule has 0 bridgehead atoms. The highest BCUT2D eigenvalue weighted by Crippen LogP contribution is 2.38. The highest BCUT2D eigenvalue weighted by Gasteiger charge is 2.25. The van der Waals surface area contributed by atoms with Crippen molar-refractivity contribution in [1.82, 2.24) is 14.4 Å². The van der Waals surface area contributed by atoms with Crippen molar-refractivity contribution in [2.24, 2.45) is 0 Å². The molecule has 1 saturated carbocycles. The van der Waals surface area contributed by atoms with Crippen LogP contribution in [0.15, 0.2) is 23.4 Å². The molecule has 4 heteroatoms. The third kappa shape index (κ3) is 0.983. The summed E-state index contributed by atoms with van der Waals surface area (Å²) in [6.45, 7) is 0. The Bertz CT molecular complexity index is 507. The fraction of sp³-hybridized carbons (Fsp3) is 0.333.